The van der Waals surface area contributed by atoms with Crippen LogP contribution in [-0.2, 0) is 5.41 Å². The summed E-state index contributed by atoms with van der Waals surface area (Å²) in [5.74, 6) is 1.35. The Balaban J connectivity index is 1.36. The number of aromatic nitrogens is 2. The van der Waals surface area contributed by atoms with Gasteiger partial charge in [0.1, 0.15) is 17.0 Å². The van der Waals surface area contributed by atoms with Crippen LogP contribution in [0.1, 0.15) is 77.0 Å². The van der Waals surface area contributed by atoms with Gasteiger partial charge in [0.2, 0.25) is 0 Å². The quantitative estimate of drug-likeness (QED) is 0.178. The number of para-hydroxylation sites is 2. The van der Waals surface area contributed by atoms with Crippen LogP contribution >= 0.6 is 0 Å². The maximum Gasteiger partial charge on any atom is 0.178 e. The van der Waals surface area contributed by atoms with E-state index in [-0.39, 0.29) is 17.3 Å². The molecule has 4 heteroatoms. The Kier molecular flexibility index (Phi) is 7.41. The van der Waals surface area contributed by atoms with Gasteiger partial charge >= 0.3 is 0 Å². The molecule has 0 aliphatic carbocycles. The lowest BCUT2D eigenvalue weighted by molar-refractivity contribution is 0.591. The van der Waals surface area contributed by atoms with E-state index in [4.69, 9.17) is 13.8 Å². The third-order valence-corrected chi connectivity index (χ3v) is 11.5. The number of benzene rings is 7. The standard InChI is InChI=1S/C51H44N2O2/c1-29(2)40-26-33(31-14-9-8-10-15-31)27-41(30(3)4)45(40)53-46-42-28-34(51(5,6)7)22-20-32(42)21-25-43(46)52-50(53)39-18-13-17-36-38-24-23-37-35-16-11-12-19-44(35)54-48(37)49(38)55-47(36)39/h8-30H,1-7H3. The summed E-state index contributed by atoms with van der Waals surface area (Å²) in [5.41, 5.74) is 13.7. The molecule has 0 N–H and O–H groups in total. The van der Waals surface area contributed by atoms with E-state index in [0.29, 0.717) is 0 Å². The summed E-state index contributed by atoms with van der Waals surface area (Å²) in [4.78, 5) is 5.58. The molecule has 270 valence electrons. The van der Waals surface area contributed by atoms with Gasteiger partial charge in [-0.1, -0.05) is 127 Å². The Morgan fingerprint density at radius 2 is 1.18 bits per heavy atom. The molecule has 0 saturated carbocycles. The first kappa shape index (κ1) is 33.4. The van der Waals surface area contributed by atoms with E-state index in [1.165, 1.54) is 44.3 Å². The van der Waals surface area contributed by atoms with Crippen LogP contribution in [0.4, 0.5) is 0 Å². The van der Waals surface area contributed by atoms with Gasteiger partial charge in [0.15, 0.2) is 11.2 Å². The monoisotopic (exact) mass is 716 g/mol. The molecule has 0 aliphatic rings. The molecule has 7 aromatic carbocycles. The molecule has 55 heavy (non-hydrogen) atoms. The Hall–Kier alpha value is -6.13. The number of furan rings is 2. The minimum absolute atomic E-state index is 0.0184. The Labute approximate surface area is 321 Å². The molecule has 0 radical (unpaired) electrons. The van der Waals surface area contributed by atoms with Crippen LogP contribution in [0.15, 0.2) is 136 Å². The van der Waals surface area contributed by atoms with Crippen LogP contribution in [-0.4, -0.2) is 9.55 Å². The fraction of sp³-hybridized carbons (Fsp3) is 0.196. The normalized spacial score (nSPS) is 12.6. The molecular formula is C51H44N2O2. The van der Waals surface area contributed by atoms with Gasteiger partial charge in [0, 0.05) is 26.9 Å². The summed E-state index contributed by atoms with van der Waals surface area (Å²) >= 11 is 0. The zero-order valence-corrected chi connectivity index (χ0v) is 32.5. The third-order valence-electron chi connectivity index (χ3n) is 11.5. The van der Waals surface area contributed by atoms with Gasteiger partial charge in [-0.2, -0.15) is 0 Å². The fourth-order valence-electron chi connectivity index (χ4n) is 8.58. The first-order chi connectivity index (χ1) is 26.6. The summed E-state index contributed by atoms with van der Waals surface area (Å²) in [6, 6.07) is 45.9. The molecule has 0 fully saturated rings. The Morgan fingerprint density at radius 3 is 1.91 bits per heavy atom. The molecule has 3 aromatic heterocycles. The van der Waals surface area contributed by atoms with Crippen molar-refractivity contribution in [2.45, 2.75) is 65.7 Å². The molecule has 0 amide bonds. The first-order valence-corrected chi connectivity index (χ1v) is 19.5. The summed E-state index contributed by atoms with van der Waals surface area (Å²) in [6.07, 6.45) is 0. The van der Waals surface area contributed by atoms with Crippen LogP contribution < -0.4 is 0 Å². The number of hydrogen-bond donors (Lipinski definition) is 0. The number of hydrogen-bond acceptors (Lipinski definition) is 3. The van der Waals surface area contributed by atoms with Crippen LogP contribution in [0, 0.1) is 0 Å². The van der Waals surface area contributed by atoms with E-state index in [2.05, 4.69) is 168 Å². The molecule has 0 aliphatic heterocycles. The number of nitrogens with zero attached hydrogens (tertiary/aromatic N) is 2. The summed E-state index contributed by atoms with van der Waals surface area (Å²) in [5, 5.41) is 6.61. The predicted molar refractivity (Wildman–Crippen MR) is 231 cm³/mol. The molecule has 0 saturated heterocycles. The largest absolute Gasteiger partial charge is 0.452 e. The predicted octanol–water partition coefficient (Wildman–Crippen LogP) is 14.9. The minimum atomic E-state index is -0.0184. The number of fused-ring (bicyclic) bond motifs is 10. The average molecular weight is 717 g/mol. The fourth-order valence-corrected chi connectivity index (χ4v) is 8.58. The second kappa shape index (κ2) is 12.2. The number of rotatable bonds is 5. The van der Waals surface area contributed by atoms with Crippen LogP contribution in [0.5, 0.6) is 0 Å². The van der Waals surface area contributed by atoms with Crippen molar-refractivity contribution in [2.24, 2.45) is 0 Å². The van der Waals surface area contributed by atoms with Gasteiger partial charge in [-0.15, -0.1) is 0 Å². The number of imidazole rings is 1. The zero-order chi connectivity index (χ0) is 37.7. The van der Waals surface area contributed by atoms with Crippen molar-refractivity contribution in [2.75, 3.05) is 0 Å². The van der Waals surface area contributed by atoms with Gasteiger partial charge in [-0.3, -0.25) is 4.57 Å². The lowest BCUT2D eigenvalue weighted by Gasteiger charge is -2.25. The molecule has 0 unspecified atom stereocenters. The van der Waals surface area contributed by atoms with E-state index >= 15 is 0 Å². The Morgan fingerprint density at radius 1 is 0.545 bits per heavy atom. The van der Waals surface area contributed by atoms with Crippen molar-refractivity contribution in [1.29, 1.82) is 0 Å². The second-order valence-corrected chi connectivity index (χ2v) is 16.8. The Bertz CT molecular complexity index is 3100. The van der Waals surface area contributed by atoms with Crippen LogP contribution in [0.25, 0.3) is 93.9 Å². The molecule has 0 spiro atoms. The van der Waals surface area contributed by atoms with Crippen molar-refractivity contribution in [3.8, 4) is 28.2 Å². The van der Waals surface area contributed by atoms with Crippen molar-refractivity contribution >= 4 is 65.7 Å². The molecule has 10 rings (SSSR count). The topological polar surface area (TPSA) is 44.1 Å². The highest BCUT2D eigenvalue weighted by atomic mass is 16.4. The maximum atomic E-state index is 7.00. The molecule has 4 nitrogen and oxygen atoms in total. The summed E-state index contributed by atoms with van der Waals surface area (Å²) < 4.78 is 16.0. The van der Waals surface area contributed by atoms with E-state index in [0.717, 1.165) is 66.3 Å². The van der Waals surface area contributed by atoms with Crippen LogP contribution in [0.3, 0.4) is 0 Å². The summed E-state index contributed by atoms with van der Waals surface area (Å²) in [7, 11) is 0. The maximum absolute atomic E-state index is 7.00. The molecular weight excluding hydrogens is 673 g/mol. The van der Waals surface area contributed by atoms with E-state index < -0.39 is 0 Å². The molecule has 3 heterocycles. The van der Waals surface area contributed by atoms with Crippen molar-refractivity contribution in [3.05, 3.63) is 144 Å². The average Bonchev–Trinajstić information content (AvgIpc) is 3.88. The second-order valence-electron chi connectivity index (χ2n) is 16.8. The molecule has 0 atom stereocenters. The van der Waals surface area contributed by atoms with E-state index in [1.54, 1.807) is 0 Å². The molecule has 0 bridgehead atoms. The van der Waals surface area contributed by atoms with Crippen molar-refractivity contribution < 1.29 is 8.83 Å². The third kappa shape index (κ3) is 5.15. The lowest BCUT2D eigenvalue weighted by Crippen LogP contribution is -2.11. The lowest BCUT2D eigenvalue weighted by atomic mass is 9.85. The van der Waals surface area contributed by atoms with Gasteiger partial charge in [-0.25, -0.2) is 4.98 Å². The SMILES string of the molecule is CC(C)c1cc(-c2ccccc2)cc(C(C)C)c1-n1c(-c2cccc3c2oc2c3ccc3c4ccccc4oc32)nc2ccc3ccc(C(C)(C)C)cc3c21. The molecule has 10 aromatic rings. The van der Waals surface area contributed by atoms with Crippen molar-refractivity contribution in [3.63, 3.8) is 0 Å². The first-order valence-electron chi connectivity index (χ1n) is 19.5. The van der Waals surface area contributed by atoms with Crippen molar-refractivity contribution in [1.82, 2.24) is 9.55 Å². The highest BCUT2D eigenvalue weighted by Gasteiger charge is 2.27. The summed E-state index contributed by atoms with van der Waals surface area (Å²) in [6.45, 7) is 16.1. The van der Waals surface area contributed by atoms with Crippen LogP contribution in [0.2, 0.25) is 0 Å². The van der Waals surface area contributed by atoms with E-state index in [9.17, 15) is 0 Å². The van der Waals surface area contributed by atoms with E-state index in [1.807, 2.05) is 12.1 Å². The van der Waals surface area contributed by atoms with Gasteiger partial charge < -0.3 is 8.83 Å². The minimum Gasteiger partial charge on any atom is -0.452 e. The zero-order valence-electron chi connectivity index (χ0n) is 32.5. The van der Waals surface area contributed by atoms with Gasteiger partial charge in [-0.05, 0) is 99.0 Å². The highest BCUT2D eigenvalue weighted by Crippen LogP contribution is 2.45. The van der Waals surface area contributed by atoms with Gasteiger partial charge in [0.25, 0.3) is 0 Å². The van der Waals surface area contributed by atoms with Gasteiger partial charge in [0.05, 0.1) is 22.3 Å². The highest BCUT2D eigenvalue weighted by molar-refractivity contribution is 6.20. The smallest absolute Gasteiger partial charge is 0.178 e.